The Kier molecular flexibility index (Phi) is 13.0. The van der Waals surface area contributed by atoms with E-state index in [-0.39, 0.29) is 44.1 Å². The Balaban J connectivity index is 1.12. The number of rotatable bonds is 17. The van der Waals surface area contributed by atoms with Crippen molar-refractivity contribution in [1.82, 2.24) is 15.3 Å². The number of nitrogens with zero attached hydrogens (tertiary/aromatic N) is 2. The zero-order chi connectivity index (χ0) is 46.5. The third kappa shape index (κ3) is 9.82. The molecule has 8 rings (SSSR count). The molecule has 6 fully saturated rings. The molecule has 8 atom stereocenters. The molecule has 0 radical (unpaired) electrons. The van der Waals surface area contributed by atoms with E-state index in [1.165, 1.54) is 23.1 Å². The summed E-state index contributed by atoms with van der Waals surface area (Å²) >= 11 is 0. The fourth-order valence-corrected chi connectivity index (χ4v) is 9.92. The van der Waals surface area contributed by atoms with Crippen molar-refractivity contribution in [2.75, 3.05) is 20.3 Å². The fraction of sp³-hybridized carbons (Fsp3) is 0.596. The summed E-state index contributed by atoms with van der Waals surface area (Å²) in [5.41, 5.74) is -0.796. The minimum absolute atomic E-state index is 0.0227. The van der Waals surface area contributed by atoms with E-state index in [4.69, 9.17) is 23.8 Å². The second kappa shape index (κ2) is 18.1. The van der Waals surface area contributed by atoms with Crippen LogP contribution in [0.15, 0.2) is 60.7 Å². The van der Waals surface area contributed by atoms with Crippen molar-refractivity contribution in [1.29, 1.82) is 0 Å². The number of amides is 2. The standard InChI is InChI=1S/C47H56F3N3O12/c1-44(2,3)62-36(56)21-19-32(25-54)51-41(57)33(22-27-10-6-5-7-11-27)52(4)43(59)45-23-34-37-38(64-47(63-37,30-15-16-30)31-17-18-31)40(45)65-53(39(45)42(58)61-34)24-29-13-9-8-12-28(29)14-20-35(55)60-26-46(48,49)50/h5-14,20,30-34,37-40,54H,15-19,21-26H2,1-4H3,(H,51,57). The van der Waals surface area contributed by atoms with Crippen LogP contribution in [0, 0.1) is 17.3 Å². The van der Waals surface area contributed by atoms with Crippen molar-refractivity contribution >= 4 is 35.8 Å². The van der Waals surface area contributed by atoms with Crippen LogP contribution >= 0.6 is 0 Å². The lowest BCUT2D eigenvalue weighted by Crippen LogP contribution is -2.70. The Hall–Kier alpha value is -4.88. The van der Waals surface area contributed by atoms with Crippen LogP contribution in [0.5, 0.6) is 0 Å². The maximum Gasteiger partial charge on any atom is 0.422 e. The number of esters is 3. The molecule has 2 aromatic rings. The number of ether oxygens (including phenoxy) is 5. The van der Waals surface area contributed by atoms with Gasteiger partial charge >= 0.3 is 24.1 Å². The molecule has 2 bridgehead atoms. The summed E-state index contributed by atoms with van der Waals surface area (Å²) in [4.78, 5) is 77.8. The van der Waals surface area contributed by atoms with E-state index >= 15 is 4.79 Å². The summed E-state index contributed by atoms with van der Waals surface area (Å²) in [6.45, 7) is 2.82. The van der Waals surface area contributed by atoms with E-state index in [9.17, 15) is 37.5 Å². The molecule has 2 N–H and O–H groups in total. The van der Waals surface area contributed by atoms with Crippen LogP contribution in [0.4, 0.5) is 13.2 Å². The fourth-order valence-electron chi connectivity index (χ4n) is 9.92. The van der Waals surface area contributed by atoms with Gasteiger partial charge in [-0.15, -0.1) is 0 Å². The molecule has 6 aliphatic rings. The predicted octanol–water partition coefficient (Wildman–Crippen LogP) is 4.57. The van der Waals surface area contributed by atoms with Crippen LogP contribution in [-0.2, 0) is 65.5 Å². The largest absolute Gasteiger partial charge is 0.460 e. The molecule has 8 unspecified atom stereocenters. The lowest BCUT2D eigenvalue weighted by molar-refractivity contribution is -0.235. The van der Waals surface area contributed by atoms with Gasteiger partial charge in [-0.05, 0) is 75.6 Å². The van der Waals surface area contributed by atoms with E-state index in [0.29, 0.717) is 11.1 Å². The first-order chi connectivity index (χ1) is 30.8. The van der Waals surface area contributed by atoms with E-state index < -0.39 is 108 Å². The van der Waals surface area contributed by atoms with Crippen LogP contribution < -0.4 is 5.32 Å². The number of likely N-dealkylation sites (N-methyl/N-ethyl adjacent to an activating group) is 1. The summed E-state index contributed by atoms with van der Waals surface area (Å²) in [6, 6.07) is 12.3. The van der Waals surface area contributed by atoms with Gasteiger partial charge in [0.25, 0.3) is 0 Å². The van der Waals surface area contributed by atoms with Crippen molar-refractivity contribution in [3.8, 4) is 0 Å². The van der Waals surface area contributed by atoms with Gasteiger partial charge in [0.15, 0.2) is 18.4 Å². The zero-order valence-corrected chi connectivity index (χ0v) is 36.8. The SMILES string of the molecule is CN(C(=O)C12CC3OC(=O)C1N(Cc1ccccc1C=CC(=O)OCC(F)(F)F)OC2C1OC(C2CC2)(C2CC2)OC31)C(Cc1ccccc1)C(=O)NC(CO)CCC(=O)OC(C)(C)C. The van der Waals surface area contributed by atoms with Crippen LogP contribution in [0.3, 0.4) is 0 Å². The molecule has 3 aliphatic carbocycles. The summed E-state index contributed by atoms with van der Waals surface area (Å²) < 4.78 is 68.1. The first-order valence-corrected chi connectivity index (χ1v) is 22.2. The van der Waals surface area contributed by atoms with Gasteiger partial charge in [0.2, 0.25) is 11.8 Å². The molecule has 65 heavy (non-hydrogen) atoms. The minimum Gasteiger partial charge on any atom is -0.460 e. The Labute approximate surface area is 374 Å². The topological polar surface area (TPSA) is 179 Å². The van der Waals surface area contributed by atoms with Gasteiger partial charge < -0.3 is 39.0 Å². The lowest BCUT2D eigenvalue weighted by atomic mass is 9.62. The molecule has 15 nitrogen and oxygen atoms in total. The van der Waals surface area contributed by atoms with E-state index in [0.717, 1.165) is 37.3 Å². The van der Waals surface area contributed by atoms with Gasteiger partial charge in [0, 0.05) is 44.2 Å². The van der Waals surface area contributed by atoms with Crippen LogP contribution in [-0.4, -0.2) is 125 Å². The lowest BCUT2D eigenvalue weighted by Gasteiger charge is -2.50. The van der Waals surface area contributed by atoms with Gasteiger partial charge in [-0.1, -0.05) is 54.6 Å². The second-order valence-electron chi connectivity index (χ2n) is 19.0. The Bertz CT molecular complexity index is 2150. The van der Waals surface area contributed by atoms with E-state index in [2.05, 4.69) is 10.1 Å². The predicted molar refractivity (Wildman–Crippen MR) is 222 cm³/mol. The molecule has 352 valence electrons. The Morgan fingerprint density at radius 3 is 2.29 bits per heavy atom. The number of hydroxylamine groups is 2. The highest BCUT2D eigenvalue weighted by Gasteiger charge is 2.78. The smallest absolute Gasteiger partial charge is 0.422 e. The quantitative estimate of drug-likeness (QED) is 0.128. The van der Waals surface area contributed by atoms with Crippen LogP contribution in [0.25, 0.3) is 6.08 Å². The van der Waals surface area contributed by atoms with Gasteiger partial charge in [-0.3, -0.25) is 24.0 Å². The molecule has 2 aromatic carbocycles. The second-order valence-corrected chi connectivity index (χ2v) is 19.0. The maximum absolute atomic E-state index is 15.8. The average Bonchev–Trinajstić information content (AvgIpc) is 4.21. The number of aliphatic hydroxyl groups excluding tert-OH is 1. The van der Waals surface area contributed by atoms with Crippen molar-refractivity contribution in [3.63, 3.8) is 0 Å². The van der Waals surface area contributed by atoms with Crippen molar-refractivity contribution in [3.05, 3.63) is 77.4 Å². The third-order valence-electron chi connectivity index (χ3n) is 13.1. The van der Waals surface area contributed by atoms with E-state index in [1.807, 2.05) is 18.2 Å². The molecule has 3 saturated carbocycles. The number of fused-ring (bicyclic) bond motifs is 4. The molecular weight excluding hydrogens is 856 g/mol. The molecule has 2 amide bonds. The van der Waals surface area contributed by atoms with Crippen molar-refractivity contribution in [2.45, 2.75) is 139 Å². The highest BCUT2D eigenvalue weighted by Crippen LogP contribution is 2.64. The molecule has 3 saturated heterocycles. The highest BCUT2D eigenvalue weighted by molar-refractivity contribution is 5.96. The number of carbonyl (C=O) groups excluding carboxylic acids is 5. The number of hydrogen-bond acceptors (Lipinski definition) is 13. The number of benzene rings is 2. The number of nitrogens with one attached hydrogen (secondary N) is 1. The normalized spacial score (nSPS) is 27.9. The number of carbonyl (C=O) groups is 5. The summed E-state index contributed by atoms with van der Waals surface area (Å²) in [5, 5.41) is 14.6. The summed E-state index contributed by atoms with van der Waals surface area (Å²) in [5.74, 6) is -4.35. The molecule has 0 aromatic heterocycles. The first-order valence-electron chi connectivity index (χ1n) is 22.2. The summed E-state index contributed by atoms with van der Waals surface area (Å²) in [7, 11) is 1.49. The number of halogens is 3. The van der Waals surface area contributed by atoms with Crippen LogP contribution in [0.2, 0.25) is 0 Å². The molecule has 3 aliphatic heterocycles. The molecule has 18 heteroatoms. The molecule has 0 spiro atoms. The minimum atomic E-state index is -4.71. The van der Waals surface area contributed by atoms with Crippen LogP contribution in [0.1, 0.15) is 82.4 Å². The Morgan fingerprint density at radius 1 is 0.985 bits per heavy atom. The average molecular weight is 912 g/mol. The van der Waals surface area contributed by atoms with Gasteiger partial charge in [-0.25, -0.2) is 4.79 Å². The summed E-state index contributed by atoms with van der Waals surface area (Å²) in [6.07, 6.45) is -2.58. The molecule has 3 heterocycles. The van der Waals surface area contributed by atoms with Crippen molar-refractivity contribution < 1.29 is 70.8 Å². The van der Waals surface area contributed by atoms with E-state index in [1.54, 1.807) is 57.2 Å². The third-order valence-corrected chi connectivity index (χ3v) is 13.1. The van der Waals surface area contributed by atoms with Gasteiger partial charge in [0.1, 0.15) is 41.5 Å². The number of hydrogen-bond donors (Lipinski definition) is 2. The number of alkyl halides is 3. The molecular formula is C47H56F3N3O12. The Morgan fingerprint density at radius 2 is 1.65 bits per heavy atom. The number of aliphatic hydroxyl groups is 1. The maximum atomic E-state index is 15.8. The highest BCUT2D eigenvalue weighted by atomic mass is 19.4. The van der Waals surface area contributed by atoms with Gasteiger partial charge in [-0.2, -0.15) is 18.2 Å². The zero-order valence-electron chi connectivity index (χ0n) is 36.8. The monoisotopic (exact) mass is 911 g/mol. The first kappa shape index (κ1) is 46.6. The van der Waals surface area contributed by atoms with Gasteiger partial charge in [0.05, 0.1) is 19.2 Å². The van der Waals surface area contributed by atoms with Crippen molar-refractivity contribution in [2.24, 2.45) is 17.3 Å².